The molecular weight excluding hydrogens is 354 g/mol. The highest BCUT2D eigenvalue weighted by molar-refractivity contribution is 7.81. The molecule has 0 spiro atoms. The summed E-state index contributed by atoms with van der Waals surface area (Å²) in [5.41, 5.74) is 0.992. The van der Waals surface area contributed by atoms with E-state index in [1.165, 1.54) is 5.01 Å². The van der Waals surface area contributed by atoms with E-state index in [0.29, 0.717) is 32.4 Å². The third kappa shape index (κ3) is 4.02. The summed E-state index contributed by atoms with van der Waals surface area (Å²) in [6, 6.07) is 7.99. The van der Waals surface area contributed by atoms with Crippen molar-refractivity contribution in [3.8, 4) is 0 Å². The van der Waals surface area contributed by atoms with Crippen LogP contribution in [0.5, 0.6) is 0 Å². The fourth-order valence-electron chi connectivity index (χ4n) is 3.53. The van der Waals surface area contributed by atoms with Crippen LogP contribution in [-0.2, 0) is 20.8 Å². The van der Waals surface area contributed by atoms with Crippen LogP contribution < -0.4 is 5.32 Å². The molecule has 7 nitrogen and oxygen atoms in total. The molecule has 0 aliphatic carbocycles. The van der Waals surface area contributed by atoms with Gasteiger partial charge in [-0.1, -0.05) is 30.3 Å². The second-order valence-corrected chi connectivity index (χ2v) is 7.31. The quantitative estimate of drug-likeness (QED) is 0.658. The molecular formula is C18H23N3O4S. The molecule has 2 saturated heterocycles. The molecule has 0 radical (unpaired) electrons. The maximum atomic E-state index is 12.8. The number of hydrogen-bond acceptors (Lipinski definition) is 5. The van der Waals surface area contributed by atoms with Gasteiger partial charge in [0.05, 0.1) is 5.25 Å². The van der Waals surface area contributed by atoms with Crippen LogP contribution in [-0.4, -0.2) is 63.3 Å². The third-order valence-corrected chi connectivity index (χ3v) is 5.29. The molecule has 0 unspecified atom stereocenters. The summed E-state index contributed by atoms with van der Waals surface area (Å²) in [7, 11) is 0. The van der Waals surface area contributed by atoms with E-state index in [2.05, 4.69) is 17.9 Å². The highest BCUT2D eigenvalue weighted by Gasteiger charge is 2.44. The molecule has 2 amide bonds. The molecule has 0 bridgehead atoms. The summed E-state index contributed by atoms with van der Waals surface area (Å²) in [5, 5.41) is 14.7. The fourth-order valence-corrected chi connectivity index (χ4v) is 3.82. The maximum absolute atomic E-state index is 12.8. The number of carbonyl (C=O) groups excluding carboxylic acids is 2. The molecule has 8 heteroatoms. The Kier molecular flexibility index (Phi) is 5.83. The van der Waals surface area contributed by atoms with Crippen molar-refractivity contribution in [1.82, 2.24) is 15.3 Å². The van der Waals surface area contributed by atoms with Gasteiger partial charge < -0.3 is 10.4 Å². The van der Waals surface area contributed by atoms with Crippen molar-refractivity contribution in [3.63, 3.8) is 0 Å². The van der Waals surface area contributed by atoms with E-state index in [1.54, 1.807) is 5.01 Å². The average Bonchev–Trinajstić information content (AvgIpc) is 2.99. The van der Waals surface area contributed by atoms with Crippen LogP contribution in [0.2, 0.25) is 0 Å². The predicted octanol–water partition coefficient (Wildman–Crippen LogP) is 0.709. The zero-order chi connectivity index (χ0) is 18.7. The molecule has 1 aromatic carbocycles. The van der Waals surface area contributed by atoms with Crippen LogP contribution >= 0.6 is 12.6 Å². The van der Waals surface area contributed by atoms with E-state index < -0.39 is 23.3 Å². The lowest BCUT2D eigenvalue weighted by Gasteiger charge is -2.30. The topological polar surface area (TPSA) is 89.9 Å². The van der Waals surface area contributed by atoms with Gasteiger partial charge in [-0.25, -0.2) is 9.80 Å². The number of thiol groups is 1. The summed E-state index contributed by atoms with van der Waals surface area (Å²) in [6.45, 7) is 1.17. The Bertz CT molecular complexity index is 684. The Labute approximate surface area is 157 Å². The smallest absolute Gasteiger partial charge is 0.328 e. The number of amides is 2. The van der Waals surface area contributed by atoms with Gasteiger partial charge in [0.15, 0.2) is 0 Å². The Hall–Kier alpha value is -2.06. The Morgan fingerprint density at radius 3 is 2.65 bits per heavy atom. The van der Waals surface area contributed by atoms with Gasteiger partial charge in [0.1, 0.15) is 12.1 Å². The van der Waals surface area contributed by atoms with Crippen LogP contribution in [0.25, 0.3) is 0 Å². The first kappa shape index (κ1) is 18.7. The first-order valence-electron chi connectivity index (χ1n) is 8.80. The number of nitrogens with one attached hydrogen (secondary N) is 1. The van der Waals surface area contributed by atoms with Gasteiger partial charge >= 0.3 is 5.97 Å². The first-order valence-corrected chi connectivity index (χ1v) is 9.32. The lowest BCUT2D eigenvalue weighted by atomic mass is 10.1. The fraction of sp³-hybridized carbons (Fsp3) is 0.500. The van der Waals surface area contributed by atoms with Gasteiger partial charge in [0.2, 0.25) is 5.91 Å². The van der Waals surface area contributed by atoms with E-state index in [1.807, 2.05) is 30.3 Å². The van der Waals surface area contributed by atoms with Crippen LogP contribution in [0.1, 0.15) is 24.8 Å². The molecule has 2 aliphatic heterocycles. The van der Waals surface area contributed by atoms with Crippen LogP contribution in [0, 0.1) is 0 Å². The van der Waals surface area contributed by atoms with Crippen molar-refractivity contribution in [1.29, 1.82) is 0 Å². The number of nitrogens with zero attached hydrogens (tertiary/aromatic N) is 2. The predicted molar refractivity (Wildman–Crippen MR) is 98.5 cm³/mol. The van der Waals surface area contributed by atoms with Gasteiger partial charge in [-0.05, 0) is 31.2 Å². The van der Waals surface area contributed by atoms with Gasteiger partial charge in [0.25, 0.3) is 5.91 Å². The Balaban J connectivity index is 1.65. The zero-order valence-electron chi connectivity index (χ0n) is 14.4. The molecule has 2 N–H and O–H groups in total. The summed E-state index contributed by atoms with van der Waals surface area (Å²) < 4.78 is 0. The van der Waals surface area contributed by atoms with Crippen LogP contribution in [0.4, 0.5) is 0 Å². The molecule has 2 aliphatic rings. The number of fused-ring (bicyclic) bond motifs is 1. The third-order valence-electron chi connectivity index (χ3n) is 4.87. The molecule has 1 aromatic rings. The normalized spacial score (nSPS) is 24.7. The van der Waals surface area contributed by atoms with Gasteiger partial charge in [-0.15, -0.1) is 0 Å². The molecule has 3 atom stereocenters. The number of carbonyl (C=O) groups is 3. The minimum atomic E-state index is -1.01. The number of carboxylic acid groups (broad SMARTS) is 1. The number of benzene rings is 1. The van der Waals surface area contributed by atoms with Crippen LogP contribution in [0.3, 0.4) is 0 Å². The molecule has 2 fully saturated rings. The Morgan fingerprint density at radius 1 is 1.23 bits per heavy atom. The number of hydrazine groups is 1. The van der Waals surface area contributed by atoms with Crippen molar-refractivity contribution >= 4 is 30.4 Å². The molecule has 0 saturated carbocycles. The van der Waals surface area contributed by atoms with Crippen molar-refractivity contribution < 1.29 is 19.5 Å². The summed E-state index contributed by atoms with van der Waals surface area (Å²) in [6.07, 6.45) is 2.08. The lowest BCUT2D eigenvalue weighted by molar-refractivity contribution is -0.160. The minimum Gasteiger partial charge on any atom is -0.480 e. The molecule has 26 heavy (non-hydrogen) atoms. The van der Waals surface area contributed by atoms with Gasteiger partial charge in [-0.2, -0.15) is 12.6 Å². The second-order valence-electron chi connectivity index (χ2n) is 6.69. The summed E-state index contributed by atoms with van der Waals surface area (Å²) >= 11 is 4.38. The lowest BCUT2D eigenvalue weighted by Crippen LogP contribution is -2.55. The molecule has 0 aromatic heterocycles. The monoisotopic (exact) mass is 377 g/mol. The molecule has 3 rings (SSSR count). The van der Waals surface area contributed by atoms with Crippen molar-refractivity contribution in [2.45, 2.75) is 43.0 Å². The van der Waals surface area contributed by atoms with Gasteiger partial charge in [-0.3, -0.25) is 14.6 Å². The SMILES string of the molecule is O=C(N[C@H]1CCCN2CC[C@@H](C(=O)O)N2C1=O)[C@H](S)Cc1ccccc1. The second kappa shape index (κ2) is 8.09. The minimum absolute atomic E-state index is 0.310. The zero-order valence-corrected chi connectivity index (χ0v) is 15.3. The van der Waals surface area contributed by atoms with Crippen molar-refractivity contribution in [3.05, 3.63) is 35.9 Å². The highest BCUT2D eigenvalue weighted by atomic mass is 32.1. The number of hydrogen-bond donors (Lipinski definition) is 3. The molecule has 2 heterocycles. The van der Waals surface area contributed by atoms with E-state index in [9.17, 15) is 19.5 Å². The standard InChI is InChI=1S/C18H23N3O4S/c22-16(15(26)11-12-5-2-1-3-6-12)19-13-7-4-9-20-10-8-14(18(24)25)21(20)17(13)23/h1-3,5-6,13-15,26H,4,7-11H2,(H,19,22)(H,24,25)/t13-,14-,15+/m0/s1. The maximum Gasteiger partial charge on any atom is 0.328 e. The first-order chi connectivity index (χ1) is 12.5. The van der Waals surface area contributed by atoms with Gasteiger partial charge in [0, 0.05) is 13.1 Å². The van der Waals surface area contributed by atoms with Crippen molar-refractivity contribution in [2.75, 3.05) is 13.1 Å². The largest absolute Gasteiger partial charge is 0.480 e. The van der Waals surface area contributed by atoms with Crippen LogP contribution in [0.15, 0.2) is 30.3 Å². The Morgan fingerprint density at radius 2 is 1.96 bits per heavy atom. The van der Waals surface area contributed by atoms with E-state index in [4.69, 9.17) is 0 Å². The highest BCUT2D eigenvalue weighted by Crippen LogP contribution is 2.24. The average molecular weight is 377 g/mol. The van der Waals surface area contributed by atoms with E-state index in [-0.39, 0.29) is 11.8 Å². The number of rotatable bonds is 5. The summed E-state index contributed by atoms with van der Waals surface area (Å²) in [4.78, 5) is 36.8. The van der Waals surface area contributed by atoms with Crippen molar-refractivity contribution in [2.24, 2.45) is 0 Å². The van der Waals surface area contributed by atoms with E-state index >= 15 is 0 Å². The number of aliphatic carboxylic acids is 1. The molecule has 140 valence electrons. The van der Waals surface area contributed by atoms with E-state index in [0.717, 1.165) is 12.0 Å². The number of carboxylic acids is 1. The summed E-state index contributed by atoms with van der Waals surface area (Å²) in [5.74, 6) is -1.67.